The number of rotatable bonds is 3. The number of hydrogen-bond donors (Lipinski definition) is 2. The number of halogens is 4. The van der Waals surface area contributed by atoms with E-state index in [4.69, 9.17) is 11.5 Å². The number of aryl methyl sites for hydroxylation is 1. The van der Waals surface area contributed by atoms with Crippen LogP contribution in [-0.4, -0.2) is 10.8 Å². The summed E-state index contributed by atoms with van der Waals surface area (Å²) in [4.78, 5) is 8.59. The minimum Gasteiger partial charge on any atom is -0.398 e. The smallest absolute Gasteiger partial charge is 0.398 e. The lowest BCUT2D eigenvalue weighted by molar-refractivity contribution is -0.137. The number of alkyl halides is 3. The maximum absolute atomic E-state index is 13.5. The number of pyridine rings is 1. The summed E-state index contributed by atoms with van der Waals surface area (Å²) in [6.45, 7) is 3.39. The van der Waals surface area contributed by atoms with Gasteiger partial charge >= 0.3 is 6.18 Å². The lowest BCUT2D eigenvalue weighted by Gasteiger charge is -2.14. The zero-order valence-corrected chi connectivity index (χ0v) is 15.7. The first kappa shape index (κ1) is 20.3. The van der Waals surface area contributed by atoms with Crippen LogP contribution in [-0.2, 0) is 6.18 Å². The number of nitrogens with two attached hydrogens (primary N) is 2. The van der Waals surface area contributed by atoms with E-state index in [1.54, 1.807) is 13.8 Å². The van der Waals surface area contributed by atoms with Gasteiger partial charge in [-0.05, 0) is 49.7 Å². The molecule has 1 aromatic heterocycles. The van der Waals surface area contributed by atoms with Crippen LogP contribution in [0.25, 0.3) is 11.3 Å². The van der Waals surface area contributed by atoms with Gasteiger partial charge in [-0.1, -0.05) is 18.2 Å². The second kappa shape index (κ2) is 7.54. The van der Waals surface area contributed by atoms with Crippen molar-refractivity contribution in [3.63, 3.8) is 0 Å². The quantitative estimate of drug-likeness (QED) is 0.276. The normalized spacial score (nSPS) is 12.3. The Labute approximate surface area is 164 Å². The van der Waals surface area contributed by atoms with E-state index in [1.165, 1.54) is 36.4 Å². The van der Waals surface area contributed by atoms with Crippen LogP contribution in [0.2, 0.25) is 0 Å². The van der Waals surface area contributed by atoms with Crippen molar-refractivity contribution in [3.8, 4) is 11.3 Å². The van der Waals surface area contributed by atoms with Crippen LogP contribution in [0, 0.1) is 19.7 Å². The van der Waals surface area contributed by atoms with Crippen molar-refractivity contribution in [2.75, 3.05) is 5.73 Å². The van der Waals surface area contributed by atoms with E-state index >= 15 is 0 Å². The minimum atomic E-state index is -4.53. The predicted molar refractivity (Wildman–Crippen MR) is 105 cm³/mol. The van der Waals surface area contributed by atoms with Gasteiger partial charge in [0.05, 0.1) is 16.9 Å². The number of amidine groups is 1. The summed E-state index contributed by atoms with van der Waals surface area (Å²) in [7, 11) is 0. The van der Waals surface area contributed by atoms with Crippen molar-refractivity contribution in [3.05, 3.63) is 76.7 Å². The van der Waals surface area contributed by atoms with Crippen LogP contribution in [0.5, 0.6) is 0 Å². The molecule has 150 valence electrons. The highest BCUT2D eigenvalue weighted by atomic mass is 19.4. The molecule has 0 spiro atoms. The summed E-state index contributed by atoms with van der Waals surface area (Å²) < 4.78 is 53.8. The van der Waals surface area contributed by atoms with Crippen molar-refractivity contribution in [2.24, 2.45) is 10.7 Å². The third-order valence-electron chi connectivity index (χ3n) is 4.53. The molecule has 2 aromatic carbocycles. The Kier molecular flexibility index (Phi) is 5.28. The number of anilines is 1. The number of nitrogen functional groups attached to an aromatic ring is 1. The molecule has 0 radical (unpaired) electrons. The Morgan fingerprint density at radius 2 is 1.72 bits per heavy atom. The van der Waals surface area contributed by atoms with E-state index in [0.717, 1.165) is 12.1 Å². The second-order valence-electron chi connectivity index (χ2n) is 6.51. The highest BCUT2D eigenvalue weighted by Gasteiger charge is 2.33. The summed E-state index contributed by atoms with van der Waals surface area (Å²) in [6, 6.07) is 10.3. The van der Waals surface area contributed by atoms with Crippen molar-refractivity contribution in [1.29, 1.82) is 0 Å². The van der Waals surface area contributed by atoms with Crippen LogP contribution >= 0.6 is 0 Å². The number of aromatic nitrogens is 1. The summed E-state index contributed by atoms with van der Waals surface area (Å²) in [5.41, 5.74) is 13.0. The van der Waals surface area contributed by atoms with Crippen LogP contribution in [0.3, 0.4) is 0 Å². The maximum atomic E-state index is 13.5. The topological polar surface area (TPSA) is 77.3 Å². The number of benzene rings is 2. The largest absolute Gasteiger partial charge is 0.417 e. The molecule has 0 aliphatic carbocycles. The molecule has 0 atom stereocenters. The minimum absolute atomic E-state index is 0.0502. The van der Waals surface area contributed by atoms with E-state index < -0.39 is 17.6 Å². The van der Waals surface area contributed by atoms with Gasteiger partial charge in [0.2, 0.25) is 0 Å². The van der Waals surface area contributed by atoms with Crippen molar-refractivity contribution < 1.29 is 17.6 Å². The molecule has 29 heavy (non-hydrogen) atoms. The average Bonchev–Trinajstić information content (AvgIpc) is 2.66. The van der Waals surface area contributed by atoms with E-state index in [0.29, 0.717) is 16.9 Å². The molecule has 0 bridgehead atoms. The molecule has 0 unspecified atom stereocenters. The Morgan fingerprint density at radius 3 is 2.41 bits per heavy atom. The predicted octanol–water partition coefficient (Wildman–Crippen LogP) is 5.14. The molecule has 0 fully saturated rings. The molecule has 4 N–H and O–H groups in total. The van der Waals surface area contributed by atoms with Crippen molar-refractivity contribution >= 4 is 17.2 Å². The van der Waals surface area contributed by atoms with E-state index in [1.807, 2.05) is 0 Å². The first-order chi connectivity index (χ1) is 13.6. The van der Waals surface area contributed by atoms with Crippen LogP contribution in [0.1, 0.15) is 22.4 Å². The number of hydrogen-bond acceptors (Lipinski definition) is 3. The lowest BCUT2D eigenvalue weighted by Crippen LogP contribution is -2.15. The molecule has 0 amide bonds. The molecule has 8 heteroatoms. The standard InChI is InChI=1S/C21H18F4N4/c1-11-12(2)28-19(14-5-3-4-6-16(14)21(23,24)25)10-18(11)29-20(27)15-9-13(22)7-8-17(15)26/h3-10H,26H2,1-2H3,(H2,27,28,29). The van der Waals surface area contributed by atoms with Crippen LogP contribution in [0.4, 0.5) is 28.9 Å². The molecular formula is C21H18F4N4. The molecule has 0 saturated carbocycles. The fourth-order valence-corrected chi connectivity index (χ4v) is 2.87. The average molecular weight is 402 g/mol. The van der Waals surface area contributed by atoms with Crippen LogP contribution in [0.15, 0.2) is 53.5 Å². The number of nitrogens with zero attached hydrogens (tertiary/aromatic N) is 2. The Morgan fingerprint density at radius 1 is 1.03 bits per heavy atom. The van der Waals surface area contributed by atoms with Gasteiger partial charge in [0.25, 0.3) is 0 Å². The summed E-state index contributed by atoms with van der Waals surface area (Å²) in [5.74, 6) is -0.583. The van der Waals surface area contributed by atoms with Gasteiger partial charge in [-0.2, -0.15) is 13.2 Å². The third-order valence-corrected chi connectivity index (χ3v) is 4.53. The summed E-state index contributed by atoms with van der Waals surface area (Å²) in [6.07, 6.45) is -4.53. The van der Waals surface area contributed by atoms with Gasteiger partial charge in [0.1, 0.15) is 11.7 Å². The zero-order valence-electron chi connectivity index (χ0n) is 15.7. The van der Waals surface area contributed by atoms with Crippen molar-refractivity contribution in [1.82, 2.24) is 4.98 Å². The molecule has 0 aliphatic heterocycles. The van der Waals surface area contributed by atoms with E-state index in [9.17, 15) is 17.6 Å². The third kappa shape index (κ3) is 4.21. The molecule has 3 rings (SSSR count). The fraction of sp³-hybridized carbons (Fsp3) is 0.143. The molecule has 0 saturated heterocycles. The zero-order chi connectivity index (χ0) is 21.3. The second-order valence-corrected chi connectivity index (χ2v) is 6.51. The van der Waals surface area contributed by atoms with Gasteiger partial charge < -0.3 is 11.5 Å². The molecule has 3 aromatic rings. The SMILES string of the molecule is Cc1nc(-c2ccccc2C(F)(F)F)cc(N=C(N)c2cc(F)ccc2N)c1C. The highest BCUT2D eigenvalue weighted by molar-refractivity contribution is 6.03. The van der Waals surface area contributed by atoms with E-state index in [-0.39, 0.29) is 28.3 Å². The lowest BCUT2D eigenvalue weighted by atomic mass is 10.0. The monoisotopic (exact) mass is 402 g/mol. The summed E-state index contributed by atoms with van der Waals surface area (Å²) >= 11 is 0. The Balaban J connectivity index is 2.17. The molecule has 0 aliphatic rings. The Bertz CT molecular complexity index is 1100. The first-order valence-electron chi connectivity index (χ1n) is 8.62. The molecular weight excluding hydrogens is 384 g/mol. The number of aliphatic imine (C=N–C) groups is 1. The fourth-order valence-electron chi connectivity index (χ4n) is 2.87. The van der Waals surface area contributed by atoms with Gasteiger partial charge in [-0.25, -0.2) is 9.38 Å². The molecule has 1 heterocycles. The van der Waals surface area contributed by atoms with Gasteiger partial charge in [0, 0.05) is 22.5 Å². The highest BCUT2D eigenvalue weighted by Crippen LogP contribution is 2.38. The van der Waals surface area contributed by atoms with Gasteiger partial charge in [-0.15, -0.1) is 0 Å². The molecule has 4 nitrogen and oxygen atoms in total. The van der Waals surface area contributed by atoms with Gasteiger partial charge in [-0.3, -0.25) is 4.98 Å². The van der Waals surface area contributed by atoms with Crippen molar-refractivity contribution in [2.45, 2.75) is 20.0 Å². The van der Waals surface area contributed by atoms with E-state index in [2.05, 4.69) is 9.98 Å². The van der Waals surface area contributed by atoms with Crippen LogP contribution < -0.4 is 11.5 Å². The Hall–Kier alpha value is -3.42. The maximum Gasteiger partial charge on any atom is 0.417 e. The van der Waals surface area contributed by atoms with Gasteiger partial charge in [0.15, 0.2) is 0 Å². The summed E-state index contributed by atoms with van der Waals surface area (Å²) in [5, 5.41) is 0. The first-order valence-corrected chi connectivity index (χ1v) is 8.62.